The summed E-state index contributed by atoms with van der Waals surface area (Å²) in [5.74, 6) is 0.707. The first-order valence-corrected chi connectivity index (χ1v) is 11.1. The van der Waals surface area contributed by atoms with E-state index in [0.29, 0.717) is 5.92 Å². The maximum Gasteiger partial charge on any atom is 0.458 e. The lowest BCUT2D eigenvalue weighted by Crippen LogP contribution is -2.25. The van der Waals surface area contributed by atoms with Gasteiger partial charge in [-0.25, -0.2) is 8.78 Å². The van der Waals surface area contributed by atoms with E-state index in [9.17, 15) is 22.0 Å². The Labute approximate surface area is 195 Å². The smallest absolute Gasteiger partial charge is 0.378 e. The van der Waals surface area contributed by atoms with Crippen LogP contribution in [0.4, 0.5) is 22.0 Å². The van der Waals surface area contributed by atoms with Crippen molar-refractivity contribution in [1.82, 2.24) is 0 Å². The molecule has 176 valence electrons. The van der Waals surface area contributed by atoms with Gasteiger partial charge in [-0.15, -0.1) is 6.58 Å². The van der Waals surface area contributed by atoms with Gasteiger partial charge in [0.05, 0.1) is 18.3 Å². The number of aryl methyl sites for hydroxylation is 1. The number of alkyl halides is 3. The number of hydrogen-bond donors (Lipinski definition) is 0. The highest BCUT2D eigenvalue weighted by molar-refractivity contribution is 5.89. The molecule has 0 saturated carbocycles. The molecule has 0 aromatic heterocycles. The van der Waals surface area contributed by atoms with Gasteiger partial charge in [-0.1, -0.05) is 48.4 Å². The number of halogens is 5. The van der Waals surface area contributed by atoms with Gasteiger partial charge < -0.3 is 4.74 Å². The Hall–Kier alpha value is -3.17. The maximum absolute atomic E-state index is 14.6. The SMILES string of the molecule is C=CC1CCC(CCc2ccc(-c3ccc4c(F)c(C#CC(F)(F)F)c(F)cc4c3)cc2)OC1. The summed E-state index contributed by atoms with van der Waals surface area (Å²) in [5, 5.41) is 0.265. The van der Waals surface area contributed by atoms with E-state index in [2.05, 4.69) is 6.58 Å². The molecule has 1 aliphatic rings. The molecule has 2 unspecified atom stereocenters. The Morgan fingerprint density at radius 1 is 1.00 bits per heavy atom. The van der Waals surface area contributed by atoms with Crippen LogP contribution in [0.15, 0.2) is 61.2 Å². The van der Waals surface area contributed by atoms with E-state index in [1.807, 2.05) is 30.3 Å². The molecule has 34 heavy (non-hydrogen) atoms. The second-order valence-electron chi connectivity index (χ2n) is 8.50. The lowest BCUT2D eigenvalue weighted by Gasteiger charge is -2.27. The first-order chi connectivity index (χ1) is 16.2. The molecule has 1 heterocycles. The minimum atomic E-state index is -4.83. The number of ether oxygens (including phenoxy) is 1. The van der Waals surface area contributed by atoms with E-state index < -0.39 is 23.4 Å². The van der Waals surface area contributed by atoms with Gasteiger partial charge in [-0.05, 0) is 59.9 Å². The Kier molecular flexibility index (Phi) is 7.04. The zero-order valence-electron chi connectivity index (χ0n) is 18.4. The second kappa shape index (κ2) is 9.99. The van der Waals surface area contributed by atoms with Gasteiger partial charge in [0.2, 0.25) is 0 Å². The molecule has 0 bridgehead atoms. The molecule has 4 rings (SSSR count). The molecule has 1 nitrogen and oxygen atoms in total. The highest BCUT2D eigenvalue weighted by Gasteiger charge is 2.24. The molecule has 1 fully saturated rings. The van der Waals surface area contributed by atoms with Crippen molar-refractivity contribution in [3.05, 3.63) is 83.9 Å². The zero-order valence-corrected chi connectivity index (χ0v) is 18.4. The summed E-state index contributed by atoms with van der Waals surface area (Å²) in [6, 6.07) is 13.6. The van der Waals surface area contributed by atoms with Crippen molar-refractivity contribution < 1.29 is 26.7 Å². The van der Waals surface area contributed by atoms with E-state index >= 15 is 0 Å². The predicted octanol–water partition coefficient (Wildman–Crippen LogP) is 7.61. The minimum absolute atomic E-state index is 0.0134. The molecular formula is C28H23F5O. The normalized spacial score (nSPS) is 18.4. The molecule has 0 spiro atoms. The van der Waals surface area contributed by atoms with Crippen LogP contribution in [0.25, 0.3) is 21.9 Å². The van der Waals surface area contributed by atoms with Crippen molar-refractivity contribution in [2.45, 2.75) is 38.0 Å². The van der Waals surface area contributed by atoms with Crippen LogP contribution in [0.1, 0.15) is 30.4 Å². The van der Waals surface area contributed by atoms with E-state index in [0.717, 1.165) is 55.4 Å². The van der Waals surface area contributed by atoms with Gasteiger partial charge in [0.15, 0.2) is 0 Å². The van der Waals surface area contributed by atoms with Gasteiger partial charge in [0, 0.05) is 17.2 Å². The Bertz CT molecular complexity index is 1240. The third kappa shape index (κ3) is 5.66. The zero-order chi connectivity index (χ0) is 24.3. The van der Waals surface area contributed by atoms with Crippen LogP contribution in [0.3, 0.4) is 0 Å². The first kappa shape index (κ1) is 24.0. The fourth-order valence-corrected chi connectivity index (χ4v) is 4.19. The van der Waals surface area contributed by atoms with Crippen LogP contribution >= 0.6 is 0 Å². The van der Waals surface area contributed by atoms with Gasteiger partial charge >= 0.3 is 6.18 Å². The Balaban J connectivity index is 1.49. The molecule has 0 N–H and O–H groups in total. The number of benzene rings is 3. The number of rotatable bonds is 5. The molecule has 1 aliphatic heterocycles. The summed E-state index contributed by atoms with van der Waals surface area (Å²) in [6.07, 6.45) is 1.34. The molecule has 1 saturated heterocycles. The number of fused-ring (bicyclic) bond motifs is 1. The van der Waals surface area contributed by atoms with Crippen molar-refractivity contribution in [3.8, 4) is 23.0 Å². The Morgan fingerprint density at radius 3 is 2.38 bits per heavy atom. The molecular weight excluding hydrogens is 447 g/mol. The van der Waals surface area contributed by atoms with Gasteiger partial charge in [0.25, 0.3) is 0 Å². The lowest BCUT2D eigenvalue weighted by atomic mass is 9.94. The number of hydrogen-bond acceptors (Lipinski definition) is 1. The first-order valence-electron chi connectivity index (χ1n) is 11.1. The summed E-state index contributed by atoms with van der Waals surface area (Å²) < 4.78 is 71.8. The van der Waals surface area contributed by atoms with Crippen LogP contribution in [0.5, 0.6) is 0 Å². The van der Waals surface area contributed by atoms with Crippen LogP contribution in [-0.2, 0) is 11.2 Å². The van der Waals surface area contributed by atoms with Gasteiger partial charge in [-0.3, -0.25) is 0 Å². The third-order valence-electron chi connectivity index (χ3n) is 6.14. The van der Waals surface area contributed by atoms with Crippen LogP contribution in [0, 0.1) is 29.4 Å². The van der Waals surface area contributed by atoms with Gasteiger partial charge in [0.1, 0.15) is 11.6 Å². The third-order valence-corrected chi connectivity index (χ3v) is 6.14. The van der Waals surface area contributed by atoms with Crippen molar-refractivity contribution in [1.29, 1.82) is 0 Å². The summed E-state index contributed by atoms with van der Waals surface area (Å²) in [4.78, 5) is 0. The standard InChI is InChI=1S/C28H23F5O/c1-2-18-5-10-23(34-17-18)11-6-19-3-7-20(8-4-19)21-9-12-24-22(15-21)16-26(29)25(27(24)30)13-14-28(31,32)33/h2-4,7-9,12,15-16,18,23H,1,5-6,10-11,17H2. The van der Waals surface area contributed by atoms with Crippen LogP contribution in [-0.4, -0.2) is 18.9 Å². The maximum atomic E-state index is 14.6. The lowest BCUT2D eigenvalue weighted by molar-refractivity contribution is -0.0696. The van der Waals surface area contributed by atoms with Crippen molar-refractivity contribution in [3.63, 3.8) is 0 Å². The molecule has 3 aromatic carbocycles. The highest BCUT2D eigenvalue weighted by atomic mass is 19.4. The monoisotopic (exact) mass is 470 g/mol. The minimum Gasteiger partial charge on any atom is -0.378 e. The average molecular weight is 470 g/mol. The fourth-order valence-electron chi connectivity index (χ4n) is 4.19. The molecule has 6 heteroatoms. The van der Waals surface area contributed by atoms with Crippen LogP contribution < -0.4 is 0 Å². The molecule has 3 aromatic rings. The summed E-state index contributed by atoms with van der Waals surface area (Å²) in [7, 11) is 0. The highest BCUT2D eigenvalue weighted by Crippen LogP contribution is 2.30. The summed E-state index contributed by atoms with van der Waals surface area (Å²) in [5.41, 5.74) is 1.90. The largest absolute Gasteiger partial charge is 0.458 e. The fraction of sp³-hybridized carbons (Fsp3) is 0.286. The predicted molar refractivity (Wildman–Crippen MR) is 123 cm³/mol. The quantitative estimate of drug-likeness (QED) is 0.212. The van der Waals surface area contributed by atoms with E-state index in [4.69, 9.17) is 4.74 Å². The summed E-state index contributed by atoms with van der Waals surface area (Å²) >= 11 is 0. The van der Waals surface area contributed by atoms with E-state index in [1.165, 1.54) is 11.6 Å². The molecule has 2 atom stereocenters. The van der Waals surface area contributed by atoms with Crippen LogP contribution in [0.2, 0.25) is 0 Å². The Morgan fingerprint density at radius 2 is 1.74 bits per heavy atom. The molecule has 0 radical (unpaired) electrons. The van der Waals surface area contributed by atoms with Gasteiger partial charge in [-0.2, -0.15) is 13.2 Å². The second-order valence-corrected chi connectivity index (χ2v) is 8.50. The molecule has 0 amide bonds. The average Bonchev–Trinajstić information content (AvgIpc) is 2.82. The van der Waals surface area contributed by atoms with Crippen molar-refractivity contribution in [2.75, 3.05) is 6.61 Å². The van der Waals surface area contributed by atoms with E-state index in [-0.39, 0.29) is 16.9 Å². The topological polar surface area (TPSA) is 9.23 Å². The summed E-state index contributed by atoms with van der Waals surface area (Å²) in [6.45, 7) is 4.55. The molecule has 0 aliphatic carbocycles. The van der Waals surface area contributed by atoms with E-state index in [1.54, 1.807) is 18.1 Å². The van der Waals surface area contributed by atoms with Crippen molar-refractivity contribution in [2.24, 2.45) is 5.92 Å². The van der Waals surface area contributed by atoms with Crippen molar-refractivity contribution >= 4 is 10.8 Å².